The van der Waals surface area contributed by atoms with Crippen LogP contribution < -0.4 is 4.74 Å². The predicted octanol–water partition coefficient (Wildman–Crippen LogP) is 4.51. The molecule has 0 N–H and O–H groups in total. The van der Waals surface area contributed by atoms with E-state index in [2.05, 4.69) is 0 Å². The molecule has 2 aromatic carbocycles. The molecule has 0 aliphatic heterocycles. The van der Waals surface area contributed by atoms with Gasteiger partial charge in [-0.1, -0.05) is 17.7 Å². The molecule has 2 aromatic rings. The van der Waals surface area contributed by atoms with E-state index in [-0.39, 0.29) is 21.4 Å². The Morgan fingerprint density at radius 2 is 1.90 bits per heavy atom. The summed E-state index contributed by atoms with van der Waals surface area (Å²) in [6.45, 7) is 1.57. The van der Waals surface area contributed by atoms with E-state index in [4.69, 9.17) is 27.0 Å². The third kappa shape index (κ3) is 3.23. The summed E-state index contributed by atoms with van der Waals surface area (Å²) in [6.07, 6.45) is 0. The molecule has 0 aromatic heterocycles. The highest BCUT2D eigenvalue weighted by atomic mass is 35.7. The Morgan fingerprint density at radius 3 is 2.50 bits per heavy atom. The lowest BCUT2D eigenvalue weighted by atomic mass is 10.2. The molecule has 0 aliphatic rings. The standard InChI is InChI=1S/C13H9Cl2FO3S/c1-8-7-9(5-6-12(8)20(15,17)18)19-11-4-2-3-10(14)13(11)16/h2-7H,1H3. The summed E-state index contributed by atoms with van der Waals surface area (Å²) >= 11 is 5.64. The second kappa shape index (κ2) is 5.60. The zero-order valence-corrected chi connectivity index (χ0v) is 12.6. The van der Waals surface area contributed by atoms with Crippen molar-refractivity contribution in [3.05, 3.63) is 52.8 Å². The molecular weight excluding hydrogens is 326 g/mol. The Morgan fingerprint density at radius 1 is 1.20 bits per heavy atom. The second-order valence-electron chi connectivity index (χ2n) is 4.02. The van der Waals surface area contributed by atoms with Crippen molar-refractivity contribution in [2.24, 2.45) is 0 Å². The van der Waals surface area contributed by atoms with Crippen LogP contribution in [0.5, 0.6) is 11.5 Å². The third-order valence-electron chi connectivity index (χ3n) is 2.55. The summed E-state index contributed by atoms with van der Waals surface area (Å²) in [5.41, 5.74) is 0.403. The highest BCUT2D eigenvalue weighted by molar-refractivity contribution is 8.13. The van der Waals surface area contributed by atoms with Gasteiger partial charge in [0.2, 0.25) is 0 Å². The number of ether oxygens (including phenoxy) is 1. The van der Waals surface area contributed by atoms with Gasteiger partial charge in [-0.3, -0.25) is 0 Å². The van der Waals surface area contributed by atoms with E-state index in [1.807, 2.05) is 0 Å². The van der Waals surface area contributed by atoms with Gasteiger partial charge in [-0.2, -0.15) is 0 Å². The number of rotatable bonds is 3. The molecule has 3 nitrogen and oxygen atoms in total. The molecule has 20 heavy (non-hydrogen) atoms. The molecule has 0 saturated heterocycles. The van der Waals surface area contributed by atoms with Crippen LogP contribution in [0.3, 0.4) is 0 Å². The normalized spacial score (nSPS) is 11.4. The Balaban J connectivity index is 2.36. The highest BCUT2D eigenvalue weighted by Gasteiger charge is 2.15. The maximum absolute atomic E-state index is 13.7. The molecule has 0 bridgehead atoms. The van der Waals surface area contributed by atoms with Gasteiger partial charge in [-0.05, 0) is 42.8 Å². The minimum atomic E-state index is -3.82. The van der Waals surface area contributed by atoms with Crippen LogP contribution in [-0.4, -0.2) is 8.42 Å². The van der Waals surface area contributed by atoms with Crippen LogP contribution in [0.4, 0.5) is 4.39 Å². The zero-order valence-electron chi connectivity index (χ0n) is 10.2. The molecule has 7 heteroatoms. The topological polar surface area (TPSA) is 43.4 Å². The monoisotopic (exact) mass is 334 g/mol. The van der Waals surface area contributed by atoms with E-state index < -0.39 is 14.9 Å². The molecule has 0 atom stereocenters. The predicted molar refractivity (Wildman–Crippen MR) is 75.7 cm³/mol. The molecule has 106 valence electrons. The van der Waals surface area contributed by atoms with Gasteiger partial charge in [0, 0.05) is 10.7 Å². The molecule has 0 spiro atoms. The largest absolute Gasteiger partial charge is 0.454 e. The quantitative estimate of drug-likeness (QED) is 0.775. The average Bonchev–Trinajstić information content (AvgIpc) is 2.33. The van der Waals surface area contributed by atoms with Crippen molar-refractivity contribution >= 4 is 31.3 Å². The van der Waals surface area contributed by atoms with Crippen molar-refractivity contribution in [3.63, 3.8) is 0 Å². The Kier molecular flexibility index (Phi) is 4.22. The molecular formula is C13H9Cl2FO3S. The molecule has 0 heterocycles. The van der Waals surface area contributed by atoms with Crippen molar-refractivity contribution in [3.8, 4) is 11.5 Å². The summed E-state index contributed by atoms with van der Waals surface area (Å²) in [4.78, 5) is -0.0157. The van der Waals surface area contributed by atoms with Crippen molar-refractivity contribution < 1.29 is 17.5 Å². The lowest BCUT2D eigenvalue weighted by molar-refractivity contribution is 0.442. The fourth-order valence-corrected chi connectivity index (χ4v) is 3.01. The van der Waals surface area contributed by atoms with Gasteiger partial charge in [-0.15, -0.1) is 0 Å². The van der Waals surface area contributed by atoms with Crippen LogP contribution in [-0.2, 0) is 9.05 Å². The van der Waals surface area contributed by atoms with Crippen molar-refractivity contribution in [2.45, 2.75) is 11.8 Å². The first-order valence-corrected chi connectivity index (χ1v) is 8.15. The van der Waals surface area contributed by atoms with Crippen LogP contribution in [0.25, 0.3) is 0 Å². The Bertz CT molecular complexity index is 760. The second-order valence-corrected chi connectivity index (χ2v) is 6.96. The number of aryl methyl sites for hydroxylation is 1. The highest BCUT2D eigenvalue weighted by Crippen LogP contribution is 2.31. The van der Waals surface area contributed by atoms with Gasteiger partial charge >= 0.3 is 0 Å². The molecule has 0 unspecified atom stereocenters. The molecule has 0 saturated carbocycles. The van der Waals surface area contributed by atoms with Gasteiger partial charge in [0.05, 0.1) is 9.92 Å². The number of benzene rings is 2. The maximum atomic E-state index is 13.7. The summed E-state index contributed by atoms with van der Waals surface area (Å²) in [7, 11) is 1.46. The van der Waals surface area contributed by atoms with Gasteiger partial charge in [-0.25, -0.2) is 12.8 Å². The lowest BCUT2D eigenvalue weighted by Gasteiger charge is -2.09. The Hall–Kier alpha value is -1.30. The van der Waals surface area contributed by atoms with Crippen LogP contribution in [0, 0.1) is 12.7 Å². The van der Waals surface area contributed by atoms with E-state index in [0.717, 1.165) is 0 Å². The first kappa shape index (κ1) is 15.1. The van der Waals surface area contributed by atoms with Gasteiger partial charge in [0.1, 0.15) is 5.75 Å². The van der Waals surface area contributed by atoms with E-state index in [1.165, 1.54) is 30.3 Å². The fraction of sp³-hybridized carbons (Fsp3) is 0.0769. The minimum absolute atomic E-state index is 0.0157. The summed E-state index contributed by atoms with van der Waals surface area (Å²) in [5.74, 6) is -0.438. The fourth-order valence-electron chi connectivity index (χ4n) is 1.65. The maximum Gasteiger partial charge on any atom is 0.261 e. The van der Waals surface area contributed by atoms with Gasteiger partial charge < -0.3 is 4.74 Å². The molecule has 2 rings (SSSR count). The van der Waals surface area contributed by atoms with E-state index in [0.29, 0.717) is 5.56 Å². The van der Waals surface area contributed by atoms with Crippen molar-refractivity contribution in [1.82, 2.24) is 0 Å². The van der Waals surface area contributed by atoms with E-state index >= 15 is 0 Å². The first-order valence-electron chi connectivity index (χ1n) is 5.46. The number of hydrogen-bond acceptors (Lipinski definition) is 3. The SMILES string of the molecule is Cc1cc(Oc2cccc(Cl)c2F)ccc1S(=O)(=O)Cl. The number of halogens is 3. The molecule has 0 aliphatic carbocycles. The Labute approximate surface area is 125 Å². The van der Waals surface area contributed by atoms with Gasteiger partial charge in [0.25, 0.3) is 9.05 Å². The van der Waals surface area contributed by atoms with Crippen molar-refractivity contribution in [2.75, 3.05) is 0 Å². The molecule has 0 fully saturated rings. The first-order chi connectivity index (χ1) is 9.29. The van der Waals surface area contributed by atoms with Crippen molar-refractivity contribution in [1.29, 1.82) is 0 Å². The number of hydrogen-bond donors (Lipinski definition) is 0. The van der Waals surface area contributed by atoms with Gasteiger partial charge in [0.15, 0.2) is 11.6 Å². The molecule has 0 radical (unpaired) electrons. The summed E-state index contributed by atoms with van der Waals surface area (Å²) in [6, 6.07) is 8.51. The minimum Gasteiger partial charge on any atom is -0.454 e. The lowest BCUT2D eigenvalue weighted by Crippen LogP contribution is -1.95. The van der Waals surface area contributed by atoms with Crippen LogP contribution >= 0.6 is 22.3 Å². The smallest absolute Gasteiger partial charge is 0.261 e. The van der Waals surface area contributed by atoms with Crippen LogP contribution in [0.15, 0.2) is 41.3 Å². The third-order valence-corrected chi connectivity index (χ3v) is 4.33. The summed E-state index contributed by atoms with van der Waals surface area (Å²) < 4.78 is 41.6. The van der Waals surface area contributed by atoms with E-state index in [1.54, 1.807) is 13.0 Å². The van der Waals surface area contributed by atoms with Crippen LogP contribution in [0.2, 0.25) is 5.02 Å². The van der Waals surface area contributed by atoms with E-state index in [9.17, 15) is 12.8 Å². The molecule has 0 amide bonds. The zero-order chi connectivity index (χ0) is 14.9. The van der Waals surface area contributed by atoms with Crippen LogP contribution in [0.1, 0.15) is 5.56 Å². The average molecular weight is 335 g/mol. The summed E-state index contributed by atoms with van der Waals surface area (Å²) in [5, 5.41) is -0.0563.